The average Bonchev–Trinajstić information content (AvgIpc) is 2.58. The Kier molecular flexibility index (Phi) is 2.96. The van der Waals surface area contributed by atoms with Gasteiger partial charge in [-0.25, -0.2) is 0 Å². The number of rotatable bonds is 2. The average molecular weight is 195 g/mol. The van der Waals surface area contributed by atoms with Crippen LogP contribution in [0.3, 0.4) is 0 Å². The molecule has 0 amide bonds. The smallest absolute Gasteiger partial charge is 0.0758 e. The Morgan fingerprint density at radius 1 is 1.13 bits per heavy atom. The molecule has 0 fully saturated rings. The first-order valence-electron chi connectivity index (χ1n) is 5.14. The highest BCUT2D eigenvalue weighted by Gasteiger charge is 2.07. The van der Waals surface area contributed by atoms with Crippen molar-refractivity contribution in [1.29, 1.82) is 5.41 Å². The minimum atomic E-state index is 0.558. The monoisotopic (exact) mass is 195 g/mol. The van der Waals surface area contributed by atoms with Gasteiger partial charge in [-0.3, -0.25) is 5.41 Å². The molecule has 0 radical (unpaired) electrons. The Bertz CT molecular complexity index is 450. The van der Waals surface area contributed by atoms with Crippen LogP contribution in [0.25, 0.3) is 0 Å². The quantitative estimate of drug-likeness (QED) is 0.515. The lowest BCUT2D eigenvalue weighted by Crippen LogP contribution is -2.02. The molecule has 0 aromatic rings. The molecule has 0 atom stereocenters. The van der Waals surface area contributed by atoms with Gasteiger partial charge in [-0.15, -0.1) is 5.73 Å². The largest absolute Gasteiger partial charge is 0.299 e. The van der Waals surface area contributed by atoms with Gasteiger partial charge in [0.1, 0.15) is 0 Å². The molecule has 2 aliphatic rings. The van der Waals surface area contributed by atoms with E-state index in [2.05, 4.69) is 17.9 Å². The highest BCUT2D eigenvalue weighted by Crippen LogP contribution is 2.15. The second-order valence-corrected chi connectivity index (χ2v) is 3.48. The van der Waals surface area contributed by atoms with Crippen molar-refractivity contribution < 1.29 is 0 Å². The highest BCUT2D eigenvalue weighted by molar-refractivity contribution is 6.13. The third-order valence-corrected chi connectivity index (χ3v) is 2.37. The van der Waals surface area contributed by atoms with Crippen LogP contribution in [0, 0.1) is 5.41 Å². The summed E-state index contributed by atoms with van der Waals surface area (Å²) in [5, 5.41) is 8.06. The minimum absolute atomic E-state index is 0.558. The molecule has 0 bridgehead atoms. The van der Waals surface area contributed by atoms with E-state index in [1.807, 2.05) is 36.5 Å². The zero-order chi connectivity index (χ0) is 10.5. The molecule has 0 spiro atoms. The van der Waals surface area contributed by atoms with Gasteiger partial charge < -0.3 is 0 Å². The van der Waals surface area contributed by atoms with Gasteiger partial charge in [0.05, 0.1) is 5.71 Å². The SMILES string of the molecule is N=C(C1=C=CC=CC=C1)C1=CCCC=C1. The van der Waals surface area contributed by atoms with Crippen molar-refractivity contribution in [3.63, 3.8) is 0 Å². The van der Waals surface area contributed by atoms with Crippen LogP contribution in [0.5, 0.6) is 0 Å². The maximum absolute atomic E-state index is 8.06. The van der Waals surface area contributed by atoms with Crippen molar-refractivity contribution >= 4 is 5.71 Å². The molecule has 74 valence electrons. The van der Waals surface area contributed by atoms with E-state index in [9.17, 15) is 0 Å². The van der Waals surface area contributed by atoms with Gasteiger partial charge in [0.15, 0.2) is 0 Å². The van der Waals surface area contributed by atoms with Crippen molar-refractivity contribution in [1.82, 2.24) is 0 Å². The maximum atomic E-state index is 8.06. The number of hydrogen-bond donors (Lipinski definition) is 1. The molecular formula is C14H13N. The van der Waals surface area contributed by atoms with Crippen LogP contribution in [-0.4, -0.2) is 5.71 Å². The molecule has 0 saturated heterocycles. The van der Waals surface area contributed by atoms with Crippen LogP contribution in [-0.2, 0) is 0 Å². The van der Waals surface area contributed by atoms with Gasteiger partial charge >= 0.3 is 0 Å². The number of nitrogens with one attached hydrogen (secondary N) is 1. The molecule has 15 heavy (non-hydrogen) atoms. The first-order valence-corrected chi connectivity index (χ1v) is 5.14. The van der Waals surface area contributed by atoms with Gasteiger partial charge in [-0.05, 0) is 30.6 Å². The minimum Gasteiger partial charge on any atom is -0.299 e. The molecule has 1 heteroatoms. The summed E-state index contributed by atoms with van der Waals surface area (Å²) in [7, 11) is 0. The van der Waals surface area contributed by atoms with E-state index in [0.29, 0.717) is 5.71 Å². The van der Waals surface area contributed by atoms with Gasteiger partial charge in [-0.2, -0.15) is 0 Å². The molecule has 1 N–H and O–H groups in total. The Morgan fingerprint density at radius 3 is 2.87 bits per heavy atom. The summed E-state index contributed by atoms with van der Waals surface area (Å²) >= 11 is 0. The fourth-order valence-electron chi connectivity index (χ4n) is 1.57. The van der Waals surface area contributed by atoms with Crippen LogP contribution < -0.4 is 0 Å². The standard InChI is InChI=1S/C14H13N/c15-14(13-10-6-3-7-11-13)12-8-4-1-2-5-9-12/h1-2,4-6,8,10-11,15H,3,7H2. The second-order valence-electron chi connectivity index (χ2n) is 3.48. The summed E-state index contributed by atoms with van der Waals surface area (Å²) in [5.41, 5.74) is 5.50. The normalized spacial score (nSPS) is 18.4. The molecule has 0 aliphatic heterocycles. The zero-order valence-corrected chi connectivity index (χ0v) is 8.53. The topological polar surface area (TPSA) is 23.9 Å². The van der Waals surface area contributed by atoms with Crippen molar-refractivity contribution in [2.45, 2.75) is 12.8 Å². The van der Waals surface area contributed by atoms with Crippen LogP contribution in [0.15, 0.2) is 65.5 Å². The molecule has 0 saturated carbocycles. The van der Waals surface area contributed by atoms with E-state index in [1.54, 1.807) is 0 Å². The van der Waals surface area contributed by atoms with Crippen LogP contribution in [0.1, 0.15) is 12.8 Å². The van der Waals surface area contributed by atoms with Crippen LogP contribution >= 0.6 is 0 Å². The second kappa shape index (κ2) is 4.59. The van der Waals surface area contributed by atoms with E-state index >= 15 is 0 Å². The lowest BCUT2D eigenvalue weighted by molar-refractivity contribution is 1.03. The van der Waals surface area contributed by atoms with E-state index < -0.39 is 0 Å². The predicted octanol–water partition coefficient (Wildman–Crippen LogP) is 3.49. The van der Waals surface area contributed by atoms with Crippen molar-refractivity contribution in [2.75, 3.05) is 0 Å². The van der Waals surface area contributed by atoms with E-state index in [1.165, 1.54) is 0 Å². The molecule has 0 unspecified atom stereocenters. The predicted molar refractivity (Wildman–Crippen MR) is 64.1 cm³/mol. The number of allylic oxidation sites excluding steroid dienone is 9. The Morgan fingerprint density at radius 2 is 2.07 bits per heavy atom. The van der Waals surface area contributed by atoms with E-state index in [4.69, 9.17) is 5.41 Å². The summed E-state index contributed by atoms with van der Waals surface area (Å²) in [6, 6.07) is 0. The Labute approximate surface area is 90.0 Å². The van der Waals surface area contributed by atoms with E-state index in [-0.39, 0.29) is 0 Å². The molecular weight excluding hydrogens is 182 g/mol. The summed E-state index contributed by atoms with van der Waals surface area (Å²) < 4.78 is 0. The number of hydrogen-bond acceptors (Lipinski definition) is 1. The lowest BCUT2D eigenvalue weighted by Gasteiger charge is -2.07. The summed E-state index contributed by atoms with van der Waals surface area (Å²) in [4.78, 5) is 0. The van der Waals surface area contributed by atoms with Crippen molar-refractivity contribution in [3.05, 3.63) is 65.5 Å². The van der Waals surface area contributed by atoms with Crippen molar-refractivity contribution in [3.8, 4) is 0 Å². The summed E-state index contributed by atoms with van der Waals surface area (Å²) in [6.07, 6.45) is 17.9. The van der Waals surface area contributed by atoms with Crippen LogP contribution in [0.2, 0.25) is 0 Å². The third kappa shape index (κ3) is 2.34. The van der Waals surface area contributed by atoms with Crippen molar-refractivity contribution in [2.24, 2.45) is 0 Å². The van der Waals surface area contributed by atoms with Crippen LogP contribution in [0.4, 0.5) is 0 Å². The highest BCUT2D eigenvalue weighted by atomic mass is 14.4. The molecule has 0 aromatic heterocycles. The molecule has 1 nitrogen and oxygen atoms in total. The van der Waals surface area contributed by atoms with Gasteiger partial charge in [0, 0.05) is 5.57 Å². The first-order chi connectivity index (χ1) is 7.38. The zero-order valence-electron chi connectivity index (χ0n) is 8.53. The lowest BCUT2D eigenvalue weighted by atomic mass is 9.98. The Hall–Kier alpha value is -1.85. The third-order valence-electron chi connectivity index (χ3n) is 2.37. The fourth-order valence-corrected chi connectivity index (χ4v) is 1.57. The molecule has 0 heterocycles. The van der Waals surface area contributed by atoms with E-state index in [0.717, 1.165) is 24.0 Å². The van der Waals surface area contributed by atoms with Gasteiger partial charge in [0.25, 0.3) is 0 Å². The summed E-state index contributed by atoms with van der Waals surface area (Å²) in [6.45, 7) is 0. The molecule has 0 aromatic carbocycles. The first kappa shape index (κ1) is 9.70. The molecule has 2 rings (SSSR count). The summed E-state index contributed by atoms with van der Waals surface area (Å²) in [5.74, 6) is 0. The Balaban J connectivity index is 2.25. The van der Waals surface area contributed by atoms with Gasteiger partial charge in [-0.1, -0.05) is 36.5 Å². The van der Waals surface area contributed by atoms with Gasteiger partial charge in [0.2, 0.25) is 0 Å². The fraction of sp³-hybridized carbons (Fsp3) is 0.143. The maximum Gasteiger partial charge on any atom is 0.0758 e. The molecule has 2 aliphatic carbocycles.